The molecule has 2 aliphatic carbocycles. The maximum Gasteiger partial charge on any atom is 0.0659 e. The average molecular weight is 151 g/mol. The number of nitrogens with zero attached hydrogens (tertiary/aromatic N) is 1. The van der Waals surface area contributed by atoms with Crippen molar-refractivity contribution in [1.29, 1.82) is 5.26 Å². The number of nitriles is 1. The second-order valence-corrected chi connectivity index (χ2v) is 3.88. The Hall–Kier alpha value is -0.550. The minimum Gasteiger partial charge on any atom is -0.393 e. The van der Waals surface area contributed by atoms with E-state index in [1.165, 1.54) is 0 Å². The molecule has 1 N–H and O–H groups in total. The van der Waals surface area contributed by atoms with Gasteiger partial charge in [0.1, 0.15) is 0 Å². The van der Waals surface area contributed by atoms with E-state index in [1.54, 1.807) is 0 Å². The van der Waals surface area contributed by atoms with Gasteiger partial charge in [0.2, 0.25) is 0 Å². The standard InChI is InChI=1S/C9H13NO/c10-5-7-3-6-1-2-9(11)8(7)4-6/h6-9,11H,1-4H2/t6-,7+,8-,9-/m0/s1. The highest BCUT2D eigenvalue weighted by molar-refractivity contribution is 5.00. The van der Waals surface area contributed by atoms with E-state index >= 15 is 0 Å². The molecule has 2 nitrogen and oxygen atoms in total. The number of fused-ring (bicyclic) bond motifs is 2. The molecule has 2 rings (SSSR count). The Balaban J connectivity index is 2.14. The van der Waals surface area contributed by atoms with Gasteiger partial charge < -0.3 is 5.11 Å². The van der Waals surface area contributed by atoms with Crippen LogP contribution in [0.5, 0.6) is 0 Å². The van der Waals surface area contributed by atoms with Crippen molar-refractivity contribution in [3.8, 4) is 6.07 Å². The van der Waals surface area contributed by atoms with Gasteiger partial charge in [-0.3, -0.25) is 0 Å². The number of aliphatic hydroxyl groups excluding tert-OH is 1. The van der Waals surface area contributed by atoms with Crippen LogP contribution in [-0.2, 0) is 0 Å². The first-order chi connectivity index (χ1) is 5.31. The van der Waals surface area contributed by atoms with Crippen molar-refractivity contribution in [2.75, 3.05) is 0 Å². The summed E-state index contributed by atoms with van der Waals surface area (Å²) in [7, 11) is 0. The van der Waals surface area contributed by atoms with Crippen molar-refractivity contribution < 1.29 is 5.11 Å². The molecule has 2 aliphatic rings. The third-order valence-corrected chi connectivity index (χ3v) is 3.24. The maximum atomic E-state index is 9.55. The fraction of sp³-hybridized carbons (Fsp3) is 0.889. The topological polar surface area (TPSA) is 44.0 Å². The van der Waals surface area contributed by atoms with Crippen molar-refractivity contribution in [2.24, 2.45) is 17.8 Å². The predicted molar refractivity (Wildman–Crippen MR) is 40.6 cm³/mol. The Kier molecular flexibility index (Phi) is 1.61. The van der Waals surface area contributed by atoms with Gasteiger partial charge in [-0.25, -0.2) is 0 Å². The molecule has 0 heterocycles. The van der Waals surface area contributed by atoms with Gasteiger partial charge in [-0.05, 0) is 31.6 Å². The zero-order valence-corrected chi connectivity index (χ0v) is 6.53. The summed E-state index contributed by atoms with van der Waals surface area (Å²) in [5, 5.41) is 18.3. The lowest BCUT2D eigenvalue weighted by Crippen LogP contribution is -2.25. The van der Waals surface area contributed by atoms with Crippen LogP contribution in [0.15, 0.2) is 0 Å². The van der Waals surface area contributed by atoms with Crippen LogP contribution in [0.1, 0.15) is 25.7 Å². The SMILES string of the molecule is N#C[C@H]1C[C@@H]2CC[C@H](O)[C@H]1C2. The normalized spacial score (nSPS) is 48.7. The first-order valence-corrected chi connectivity index (χ1v) is 4.39. The zero-order chi connectivity index (χ0) is 7.84. The van der Waals surface area contributed by atoms with Gasteiger partial charge in [-0.2, -0.15) is 5.26 Å². The Morgan fingerprint density at radius 1 is 1.27 bits per heavy atom. The quantitative estimate of drug-likeness (QED) is 0.567. The minimum absolute atomic E-state index is 0.150. The van der Waals surface area contributed by atoms with Crippen molar-refractivity contribution in [1.82, 2.24) is 0 Å². The van der Waals surface area contributed by atoms with E-state index in [-0.39, 0.29) is 12.0 Å². The molecule has 0 aromatic carbocycles. The Morgan fingerprint density at radius 3 is 2.82 bits per heavy atom. The first kappa shape index (κ1) is 7.12. The van der Waals surface area contributed by atoms with E-state index in [0.717, 1.165) is 31.6 Å². The highest BCUT2D eigenvalue weighted by atomic mass is 16.3. The molecule has 2 saturated carbocycles. The molecule has 2 bridgehead atoms. The van der Waals surface area contributed by atoms with Crippen LogP contribution in [-0.4, -0.2) is 11.2 Å². The van der Waals surface area contributed by atoms with E-state index in [4.69, 9.17) is 5.26 Å². The molecule has 0 aromatic rings. The van der Waals surface area contributed by atoms with Crippen molar-refractivity contribution in [3.05, 3.63) is 0 Å². The molecule has 0 saturated heterocycles. The van der Waals surface area contributed by atoms with Crippen molar-refractivity contribution in [2.45, 2.75) is 31.8 Å². The minimum atomic E-state index is -0.182. The third kappa shape index (κ3) is 1.04. The Labute approximate surface area is 66.8 Å². The zero-order valence-electron chi connectivity index (χ0n) is 6.53. The van der Waals surface area contributed by atoms with E-state index in [1.807, 2.05) is 0 Å². The van der Waals surface area contributed by atoms with Crippen LogP contribution < -0.4 is 0 Å². The summed E-state index contributed by atoms with van der Waals surface area (Å²) < 4.78 is 0. The molecular formula is C9H13NO. The highest BCUT2D eigenvalue weighted by Crippen LogP contribution is 2.45. The van der Waals surface area contributed by atoms with Gasteiger partial charge in [-0.1, -0.05) is 0 Å². The second-order valence-electron chi connectivity index (χ2n) is 3.88. The van der Waals surface area contributed by atoms with Crippen LogP contribution in [0.3, 0.4) is 0 Å². The molecule has 0 unspecified atom stereocenters. The summed E-state index contributed by atoms with van der Waals surface area (Å²) in [5.74, 6) is 1.20. The van der Waals surface area contributed by atoms with Gasteiger partial charge in [-0.15, -0.1) is 0 Å². The second kappa shape index (κ2) is 2.49. The predicted octanol–water partition coefficient (Wildman–Crippen LogP) is 1.31. The molecule has 60 valence electrons. The fourth-order valence-electron chi connectivity index (χ4n) is 2.61. The van der Waals surface area contributed by atoms with Gasteiger partial charge in [0, 0.05) is 5.92 Å². The number of hydrogen-bond donors (Lipinski definition) is 1. The fourth-order valence-corrected chi connectivity index (χ4v) is 2.61. The third-order valence-electron chi connectivity index (χ3n) is 3.24. The summed E-state index contributed by atoms with van der Waals surface area (Å²) in [5.41, 5.74) is 0. The van der Waals surface area contributed by atoms with Crippen LogP contribution in [0.2, 0.25) is 0 Å². The number of hydrogen-bond acceptors (Lipinski definition) is 2. The van der Waals surface area contributed by atoms with E-state index in [9.17, 15) is 5.11 Å². The van der Waals surface area contributed by atoms with Crippen molar-refractivity contribution >= 4 is 0 Å². The molecular weight excluding hydrogens is 138 g/mol. The van der Waals surface area contributed by atoms with Gasteiger partial charge >= 0.3 is 0 Å². The Bertz CT molecular complexity index is 196. The molecule has 0 aromatic heterocycles. The lowest BCUT2D eigenvalue weighted by molar-refractivity contribution is 0.0680. The first-order valence-electron chi connectivity index (χ1n) is 4.39. The van der Waals surface area contributed by atoms with Gasteiger partial charge in [0.25, 0.3) is 0 Å². The largest absolute Gasteiger partial charge is 0.393 e. The molecule has 2 fully saturated rings. The number of rotatable bonds is 0. The van der Waals surface area contributed by atoms with Gasteiger partial charge in [0.05, 0.1) is 18.1 Å². The molecule has 11 heavy (non-hydrogen) atoms. The molecule has 0 radical (unpaired) electrons. The highest BCUT2D eigenvalue weighted by Gasteiger charge is 2.41. The van der Waals surface area contributed by atoms with E-state index in [2.05, 4.69) is 6.07 Å². The molecule has 0 amide bonds. The molecule has 2 heteroatoms. The van der Waals surface area contributed by atoms with Crippen LogP contribution >= 0.6 is 0 Å². The molecule has 0 aliphatic heterocycles. The maximum absolute atomic E-state index is 9.55. The smallest absolute Gasteiger partial charge is 0.0659 e. The summed E-state index contributed by atoms with van der Waals surface area (Å²) >= 11 is 0. The van der Waals surface area contributed by atoms with Crippen LogP contribution in [0.4, 0.5) is 0 Å². The lowest BCUT2D eigenvalue weighted by Gasteiger charge is -2.24. The summed E-state index contributed by atoms with van der Waals surface area (Å²) in [4.78, 5) is 0. The van der Waals surface area contributed by atoms with Crippen molar-refractivity contribution in [3.63, 3.8) is 0 Å². The summed E-state index contributed by atoms with van der Waals surface area (Å²) in [6.45, 7) is 0. The van der Waals surface area contributed by atoms with E-state index in [0.29, 0.717) is 5.92 Å². The summed E-state index contributed by atoms with van der Waals surface area (Å²) in [6, 6.07) is 2.31. The molecule has 4 atom stereocenters. The van der Waals surface area contributed by atoms with Crippen LogP contribution in [0.25, 0.3) is 0 Å². The molecule has 0 spiro atoms. The van der Waals surface area contributed by atoms with Crippen LogP contribution in [0, 0.1) is 29.1 Å². The van der Waals surface area contributed by atoms with E-state index < -0.39 is 0 Å². The average Bonchev–Trinajstić information content (AvgIpc) is 2.37. The summed E-state index contributed by atoms with van der Waals surface area (Å²) in [6.07, 6.45) is 4.01. The number of aliphatic hydroxyl groups is 1. The Morgan fingerprint density at radius 2 is 2.09 bits per heavy atom. The van der Waals surface area contributed by atoms with Gasteiger partial charge in [0.15, 0.2) is 0 Å². The monoisotopic (exact) mass is 151 g/mol. The lowest BCUT2D eigenvalue weighted by atomic mass is 9.85.